The van der Waals surface area contributed by atoms with Gasteiger partial charge in [0.25, 0.3) is 0 Å². The number of halogens is 3. The lowest BCUT2D eigenvalue weighted by Crippen LogP contribution is -2.66. The molecule has 1 aliphatic carbocycles. The number of alkyl halides is 1. The SMILES string of the molecule is [2H]C([2H])(Oc1nc(N2C[C@@H]3CC[C@](COC4CC4)(C2)N3C(=O)OC(C)(C)C)c2cnc(-c3cc(OCOC)cc4ccc(F)c(C#C[Si](C(C)C)(C(C)C)C(C)C)c34)c(F)c2n1)[C@@]12CCCN1C[C@H](F)C2. The molecule has 5 fully saturated rings. The number of pyridine rings is 1. The highest BCUT2D eigenvalue weighted by atomic mass is 28.3. The van der Waals surface area contributed by atoms with E-state index in [2.05, 4.69) is 58.0 Å². The Hall–Kier alpha value is -4.69. The van der Waals surface area contributed by atoms with E-state index in [0.29, 0.717) is 48.8 Å². The van der Waals surface area contributed by atoms with E-state index in [1.54, 1.807) is 23.1 Å². The highest BCUT2D eigenvalue weighted by Gasteiger charge is 2.56. The summed E-state index contributed by atoms with van der Waals surface area (Å²) in [5.74, 6) is 2.39. The maximum atomic E-state index is 18.2. The molecule has 2 aromatic carbocycles. The number of nitrogens with zero attached hydrogens (tertiary/aromatic N) is 6. The summed E-state index contributed by atoms with van der Waals surface area (Å²) in [5.41, 5.74) is 1.45. The number of carbonyl (C=O) groups is 1. The minimum atomic E-state index is -2.50. The Morgan fingerprint density at radius 1 is 1.00 bits per heavy atom. The van der Waals surface area contributed by atoms with Crippen LogP contribution in [0.1, 0.15) is 116 Å². The molecule has 4 aromatic rings. The summed E-state index contributed by atoms with van der Waals surface area (Å²) in [6, 6.07) is 5.51. The van der Waals surface area contributed by atoms with Gasteiger partial charge in [-0.05, 0) is 106 Å². The first-order valence-corrected chi connectivity index (χ1v) is 27.0. The number of hydrogen-bond donors (Lipinski definition) is 0. The molecule has 2 aromatic heterocycles. The van der Waals surface area contributed by atoms with Gasteiger partial charge in [-0.1, -0.05) is 53.5 Å². The van der Waals surface area contributed by atoms with Gasteiger partial charge < -0.3 is 28.6 Å². The van der Waals surface area contributed by atoms with Gasteiger partial charge in [-0.3, -0.25) is 14.8 Å². The summed E-state index contributed by atoms with van der Waals surface area (Å²) in [6.07, 6.45) is 3.91. The average molecular weight is 973 g/mol. The van der Waals surface area contributed by atoms with Crippen LogP contribution in [0.25, 0.3) is 32.9 Å². The van der Waals surface area contributed by atoms with Gasteiger partial charge in [0.2, 0.25) is 0 Å². The molecule has 1 amide bonds. The molecular formula is C53H69F3N6O6Si. The minimum Gasteiger partial charge on any atom is -0.468 e. The third kappa shape index (κ3) is 9.26. The highest BCUT2D eigenvalue weighted by molar-refractivity contribution is 6.90. The van der Waals surface area contributed by atoms with Gasteiger partial charge in [-0.15, -0.1) is 5.54 Å². The Morgan fingerprint density at radius 3 is 2.45 bits per heavy atom. The lowest BCUT2D eigenvalue weighted by Gasteiger charge is -2.49. The first-order chi connectivity index (χ1) is 33.5. The van der Waals surface area contributed by atoms with Crippen molar-refractivity contribution in [2.24, 2.45) is 0 Å². The van der Waals surface area contributed by atoms with Crippen molar-refractivity contribution in [3.63, 3.8) is 0 Å². The van der Waals surface area contributed by atoms with Crippen LogP contribution in [0.4, 0.5) is 23.8 Å². The molecule has 2 bridgehead atoms. The number of fused-ring (bicyclic) bond motifs is 5. The number of anilines is 1. The van der Waals surface area contributed by atoms with E-state index in [9.17, 15) is 7.54 Å². The molecule has 372 valence electrons. The monoisotopic (exact) mass is 973 g/mol. The first-order valence-electron chi connectivity index (χ1n) is 25.8. The van der Waals surface area contributed by atoms with Gasteiger partial charge >= 0.3 is 12.1 Å². The number of amides is 1. The quantitative estimate of drug-likeness (QED) is 0.0684. The molecule has 6 heterocycles. The van der Waals surface area contributed by atoms with Crippen LogP contribution in [-0.4, -0.2) is 127 Å². The van der Waals surface area contributed by atoms with Crippen LogP contribution in [-0.2, 0) is 14.2 Å². The standard InChI is InChI=1S/C53H69F3N6O6Si/c1-32(2)69(33(3)4,34(5)6)21-17-40-43(55)15-12-35-22-39(67-31-64-10)23-41(44(35)40)46-45(56)47-42(25-57-46)48(59-49(58-47)66-29-52-18-11-20-61(52)26-36(54)24-52)60-27-37-16-19-53(28-60,30-65-38-13-14-38)62(37)50(63)68-51(7,8)9/h12,15,22-23,25,32-34,36-38H,11,13-14,16,18-20,24,26-31H2,1-10H3/t36-,37+,52+,53-/m1/s1/i29D2. The second-order valence-corrected chi connectivity index (χ2v) is 27.5. The summed E-state index contributed by atoms with van der Waals surface area (Å²) in [4.78, 5) is 34.0. The van der Waals surface area contributed by atoms with Crippen LogP contribution in [0.2, 0.25) is 16.6 Å². The topological polar surface area (TPSA) is 112 Å². The Bertz CT molecular complexity index is 2740. The van der Waals surface area contributed by atoms with E-state index in [1.807, 2.05) is 30.6 Å². The second-order valence-electron chi connectivity index (χ2n) is 21.9. The van der Waals surface area contributed by atoms with Gasteiger partial charge in [-0.25, -0.2) is 18.0 Å². The minimum absolute atomic E-state index is 0.0772. The first kappa shape index (κ1) is 46.7. The van der Waals surface area contributed by atoms with Gasteiger partial charge in [0.1, 0.15) is 55.0 Å². The fraction of sp³-hybridized carbons (Fsp3) is 0.623. The number of hydrogen-bond acceptors (Lipinski definition) is 11. The van der Waals surface area contributed by atoms with Crippen LogP contribution < -0.4 is 14.4 Å². The van der Waals surface area contributed by atoms with Crippen LogP contribution >= 0.6 is 0 Å². The van der Waals surface area contributed by atoms with Crippen molar-refractivity contribution in [2.45, 2.75) is 159 Å². The molecule has 0 spiro atoms. The van der Waals surface area contributed by atoms with Crippen molar-refractivity contribution >= 4 is 41.7 Å². The Balaban J connectivity index is 1.24. The zero-order valence-electron chi connectivity index (χ0n) is 43.8. The number of benzene rings is 2. The summed E-state index contributed by atoms with van der Waals surface area (Å²) in [7, 11) is -0.903. The van der Waals surface area contributed by atoms with Crippen molar-refractivity contribution in [1.82, 2.24) is 24.8 Å². The van der Waals surface area contributed by atoms with Crippen molar-refractivity contribution in [3.05, 3.63) is 47.7 Å². The molecule has 69 heavy (non-hydrogen) atoms. The van der Waals surface area contributed by atoms with Gasteiger partial charge in [-0.2, -0.15) is 9.97 Å². The summed E-state index contributed by atoms with van der Waals surface area (Å²) < 4.78 is 98.6. The van der Waals surface area contributed by atoms with Crippen molar-refractivity contribution in [3.8, 4) is 34.5 Å². The van der Waals surface area contributed by atoms with Crippen LogP contribution in [0.15, 0.2) is 30.5 Å². The molecule has 1 saturated carbocycles. The predicted molar refractivity (Wildman–Crippen MR) is 264 cm³/mol. The smallest absolute Gasteiger partial charge is 0.411 e. The molecule has 4 aliphatic heterocycles. The van der Waals surface area contributed by atoms with Crippen molar-refractivity contribution in [2.75, 3.05) is 58.1 Å². The van der Waals surface area contributed by atoms with Crippen LogP contribution in [0.3, 0.4) is 0 Å². The average Bonchev–Trinajstić information content (AvgIpc) is 3.87. The predicted octanol–water partition coefficient (Wildman–Crippen LogP) is 10.8. The normalized spacial score (nSPS) is 24.6. The fourth-order valence-electron chi connectivity index (χ4n) is 12.0. The summed E-state index contributed by atoms with van der Waals surface area (Å²) >= 11 is 0. The number of aromatic nitrogens is 3. The zero-order chi connectivity index (χ0) is 51.0. The molecule has 16 heteroatoms. The Morgan fingerprint density at radius 2 is 1.75 bits per heavy atom. The van der Waals surface area contributed by atoms with E-state index < -0.39 is 61.2 Å². The molecule has 9 rings (SSSR count). The van der Waals surface area contributed by atoms with Gasteiger partial charge in [0.15, 0.2) is 12.6 Å². The molecule has 0 unspecified atom stereocenters. The zero-order valence-corrected chi connectivity index (χ0v) is 42.8. The Kier molecular flexibility index (Phi) is 12.7. The summed E-state index contributed by atoms with van der Waals surface area (Å²) in [5, 5.41) is 1.08. The number of piperazine rings is 1. The molecule has 5 aliphatic rings. The molecule has 0 N–H and O–H groups in total. The molecular weight excluding hydrogens is 902 g/mol. The highest BCUT2D eigenvalue weighted by Crippen LogP contribution is 2.47. The van der Waals surface area contributed by atoms with Crippen molar-refractivity contribution < 1.29 is 44.4 Å². The second kappa shape index (κ2) is 18.8. The Labute approximate surface area is 408 Å². The van der Waals surface area contributed by atoms with Gasteiger partial charge in [0, 0.05) is 50.3 Å². The van der Waals surface area contributed by atoms with E-state index in [1.165, 1.54) is 19.4 Å². The lowest BCUT2D eigenvalue weighted by atomic mass is 9.95. The van der Waals surface area contributed by atoms with Crippen molar-refractivity contribution in [1.29, 1.82) is 0 Å². The summed E-state index contributed by atoms with van der Waals surface area (Å²) in [6.45, 7) is 17.3. The number of methoxy groups -OCH3 is 1. The lowest BCUT2D eigenvalue weighted by molar-refractivity contribution is -0.0366. The van der Waals surface area contributed by atoms with E-state index >= 15 is 13.2 Å². The maximum Gasteiger partial charge on any atom is 0.411 e. The maximum absolute atomic E-state index is 18.2. The van der Waals surface area contributed by atoms with E-state index in [4.69, 9.17) is 33.7 Å². The van der Waals surface area contributed by atoms with Gasteiger partial charge in [0.05, 0.1) is 43.5 Å². The third-order valence-electron chi connectivity index (χ3n) is 15.2. The largest absolute Gasteiger partial charge is 0.468 e. The molecule has 4 saturated heterocycles. The number of carbonyl (C=O) groups excluding carboxylic acids is 1. The molecule has 0 radical (unpaired) electrons. The number of ether oxygens (including phenoxy) is 5. The van der Waals surface area contributed by atoms with Crippen LogP contribution in [0.5, 0.6) is 11.8 Å². The van der Waals surface area contributed by atoms with Crippen LogP contribution in [0, 0.1) is 23.1 Å². The number of rotatable bonds is 14. The van der Waals surface area contributed by atoms with E-state index in [-0.39, 0.29) is 102 Å². The molecule has 4 atom stereocenters. The molecule has 12 nitrogen and oxygen atoms in total. The van der Waals surface area contributed by atoms with E-state index in [0.717, 1.165) is 12.8 Å². The third-order valence-corrected chi connectivity index (χ3v) is 21.5. The fourth-order valence-corrected chi connectivity index (χ4v) is 17.2.